The van der Waals surface area contributed by atoms with E-state index in [1.165, 1.54) is 5.56 Å². The Morgan fingerprint density at radius 3 is 2.48 bits per heavy atom. The highest BCUT2D eigenvalue weighted by Crippen LogP contribution is 2.29. The SMILES string of the molecule is Cc1ccc(-n2c(Cl)cc3cc4ccccc4nc32)cc1. The number of halogens is 1. The molecule has 2 heterocycles. The molecule has 21 heavy (non-hydrogen) atoms. The molecule has 0 saturated carbocycles. The van der Waals surface area contributed by atoms with Crippen molar-refractivity contribution in [1.82, 2.24) is 9.55 Å². The zero-order valence-corrected chi connectivity index (χ0v) is 12.3. The highest BCUT2D eigenvalue weighted by molar-refractivity contribution is 6.31. The van der Waals surface area contributed by atoms with Gasteiger partial charge in [0, 0.05) is 16.5 Å². The maximum absolute atomic E-state index is 6.44. The molecule has 0 radical (unpaired) electrons. The molecule has 0 amide bonds. The summed E-state index contributed by atoms with van der Waals surface area (Å²) < 4.78 is 1.99. The van der Waals surface area contributed by atoms with Crippen LogP contribution in [-0.2, 0) is 0 Å². The molecule has 2 aromatic heterocycles. The number of para-hydroxylation sites is 1. The Labute approximate surface area is 127 Å². The molecule has 0 bridgehead atoms. The van der Waals surface area contributed by atoms with Crippen molar-refractivity contribution < 1.29 is 0 Å². The van der Waals surface area contributed by atoms with Crippen molar-refractivity contribution in [2.24, 2.45) is 0 Å². The zero-order valence-electron chi connectivity index (χ0n) is 11.5. The van der Waals surface area contributed by atoms with E-state index in [0.29, 0.717) is 5.15 Å². The molecule has 0 spiro atoms. The molecule has 0 N–H and O–H groups in total. The number of hydrogen-bond donors (Lipinski definition) is 0. The standard InChI is InChI=1S/C18H13ClN2/c1-12-6-8-15(9-7-12)21-17(19)11-14-10-13-4-2-3-5-16(13)20-18(14)21/h2-11H,1H3. The summed E-state index contributed by atoms with van der Waals surface area (Å²) in [5, 5.41) is 2.86. The fourth-order valence-electron chi connectivity index (χ4n) is 2.64. The van der Waals surface area contributed by atoms with E-state index in [1.54, 1.807) is 0 Å². The smallest absolute Gasteiger partial charge is 0.146 e. The van der Waals surface area contributed by atoms with Crippen molar-refractivity contribution in [1.29, 1.82) is 0 Å². The molecule has 0 aliphatic rings. The maximum Gasteiger partial charge on any atom is 0.146 e. The minimum Gasteiger partial charge on any atom is -0.284 e. The van der Waals surface area contributed by atoms with Gasteiger partial charge in [-0.25, -0.2) is 4.98 Å². The molecule has 102 valence electrons. The maximum atomic E-state index is 6.44. The normalized spacial score (nSPS) is 11.3. The number of aryl methyl sites for hydroxylation is 1. The van der Waals surface area contributed by atoms with Crippen molar-refractivity contribution in [3.8, 4) is 5.69 Å². The topological polar surface area (TPSA) is 17.8 Å². The summed E-state index contributed by atoms with van der Waals surface area (Å²) in [4.78, 5) is 4.78. The third-order valence-electron chi connectivity index (χ3n) is 3.72. The quantitative estimate of drug-likeness (QED) is 0.475. The van der Waals surface area contributed by atoms with Crippen molar-refractivity contribution in [2.45, 2.75) is 6.92 Å². The summed E-state index contributed by atoms with van der Waals surface area (Å²) in [6.45, 7) is 2.07. The van der Waals surface area contributed by atoms with Gasteiger partial charge in [-0.1, -0.05) is 47.5 Å². The number of pyridine rings is 1. The van der Waals surface area contributed by atoms with Crippen molar-refractivity contribution in [2.75, 3.05) is 0 Å². The number of rotatable bonds is 1. The van der Waals surface area contributed by atoms with E-state index < -0.39 is 0 Å². The van der Waals surface area contributed by atoms with E-state index in [0.717, 1.165) is 27.6 Å². The van der Waals surface area contributed by atoms with Gasteiger partial charge in [0.25, 0.3) is 0 Å². The van der Waals surface area contributed by atoms with Crippen LogP contribution >= 0.6 is 11.6 Å². The second kappa shape index (κ2) is 4.61. The molecule has 2 aromatic carbocycles. The van der Waals surface area contributed by atoms with Gasteiger partial charge in [-0.15, -0.1) is 0 Å². The molecule has 0 atom stereocenters. The Morgan fingerprint density at radius 2 is 1.67 bits per heavy atom. The molecule has 4 rings (SSSR count). The monoisotopic (exact) mass is 292 g/mol. The Kier molecular flexibility index (Phi) is 2.72. The van der Waals surface area contributed by atoms with E-state index in [1.807, 2.05) is 28.8 Å². The minimum absolute atomic E-state index is 0.677. The number of aromatic nitrogens is 2. The van der Waals surface area contributed by atoms with Gasteiger partial charge in [-0.2, -0.15) is 0 Å². The largest absolute Gasteiger partial charge is 0.284 e. The van der Waals surface area contributed by atoms with Crippen LogP contribution in [0.15, 0.2) is 60.7 Å². The summed E-state index contributed by atoms with van der Waals surface area (Å²) in [6, 6.07) is 20.5. The van der Waals surface area contributed by atoms with Crippen LogP contribution in [0.25, 0.3) is 27.6 Å². The van der Waals surface area contributed by atoms with Crippen LogP contribution in [0.3, 0.4) is 0 Å². The Balaban J connectivity index is 2.06. The second-order valence-electron chi connectivity index (χ2n) is 5.23. The second-order valence-corrected chi connectivity index (χ2v) is 5.62. The molecule has 0 aliphatic heterocycles. The summed E-state index contributed by atoms with van der Waals surface area (Å²) in [6.07, 6.45) is 0. The third kappa shape index (κ3) is 1.99. The number of hydrogen-bond acceptors (Lipinski definition) is 1. The van der Waals surface area contributed by atoms with Gasteiger partial charge >= 0.3 is 0 Å². The van der Waals surface area contributed by atoms with Crippen LogP contribution in [0, 0.1) is 6.92 Å². The number of benzene rings is 2. The van der Waals surface area contributed by atoms with Crippen LogP contribution in [0.5, 0.6) is 0 Å². The van der Waals surface area contributed by atoms with E-state index >= 15 is 0 Å². The lowest BCUT2D eigenvalue weighted by Crippen LogP contribution is -1.95. The Hall–Kier alpha value is -2.32. The average molecular weight is 293 g/mol. The Morgan fingerprint density at radius 1 is 0.905 bits per heavy atom. The molecule has 2 nitrogen and oxygen atoms in total. The summed E-state index contributed by atoms with van der Waals surface area (Å²) in [7, 11) is 0. The van der Waals surface area contributed by atoms with Gasteiger partial charge in [-0.3, -0.25) is 4.57 Å². The van der Waals surface area contributed by atoms with Gasteiger partial charge in [0.05, 0.1) is 5.52 Å². The fourth-order valence-corrected chi connectivity index (χ4v) is 2.94. The number of fused-ring (bicyclic) bond motifs is 2. The fraction of sp³-hybridized carbons (Fsp3) is 0.0556. The van der Waals surface area contributed by atoms with Crippen molar-refractivity contribution in [3.05, 3.63) is 71.4 Å². The van der Waals surface area contributed by atoms with Gasteiger partial charge in [-0.05, 0) is 37.3 Å². The lowest BCUT2D eigenvalue weighted by Gasteiger charge is -2.07. The first kappa shape index (κ1) is 12.4. The van der Waals surface area contributed by atoms with E-state index in [4.69, 9.17) is 16.6 Å². The third-order valence-corrected chi connectivity index (χ3v) is 4.00. The van der Waals surface area contributed by atoms with E-state index in [9.17, 15) is 0 Å². The minimum atomic E-state index is 0.677. The van der Waals surface area contributed by atoms with Gasteiger partial charge in [0.1, 0.15) is 10.8 Å². The molecule has 0 aliphatic carbocycles. The predicted octanol–water partition coefficient (Wildman–Crippen LogP) is 5.14. The summed E-state index contributed by atoms with van der Waals surface area (Å²) in [5.41, 5.74) is 4.13. The van der Waals surface area contributed by atoms with E-state index in [-0.39, 0.29) is 0 Å². The first-order valence-electron chi connectivity index (χ1n) is 6.86. The molecule has 0 saturated heterocycles. The number of nitrogens with zero attached hydrogens (tertiary/aromatic N) is 2. The van der Waals surface area contributed by atoms with Crippen LogP contribution in [0.4, 0.5) is 0 Å². The summed E-state index contributed by atoms with van der Waals surface area (Å²) >= 11 is 6.44. The molecular weight excluding hydrogens is 280 g/mol. The molecular formula is C18H13ClN2. The highest BCUT2D eigenvalue weighted by atomic mass is 35.5. The summed E-state index contributed by atoms with van der Waals surface area (Å²) in [5.74, 6) is 0. The highest BCUT2D eigenvalue weighted by Gasteiger charge is 2.11. The predicted molar refractivity (Wildman–Crippen MR) is 88.3 cm³/mol. The van der Waals surface area contributed by atoms with Crippen molar-refractivity contribution >= 4 is 33.5 Å². The Bertz CT molecular complexity index is 952. The van der Waals surface area contributed by atoms with Crippen LogP contribution in [0.1, 0.15) is 5.56 Å². The molecule has 0 fully saturated rings. The van der Waals surface area contributed by atoms with Gasteiger partial charge < -0.3 is 0 Å². The van der Waals surface area contributed by atoms with Gasteiger partial charge in [0.2, 0.25) is 0 Å². The van der Waals surface area contributed by atoms with Gasteiger partial charge in [0.15, 0.2) is 0 Å². The lowest BCUT2D eigenvalue weighted by atomic mass is 10.2. The average Bonchev–Trinajstić information content (AvgIpc) is 2.81. The first-order chi connectivity index (χ1) is 10.2. The molecule has 0 unspecified atom stereocenters. The zero-order chi connectivity index (χ0) is 14.4. The first-order valence-corrected chi connectivity index (χ1v) is 7.24. The van der Waals surface area contributed by atoms with Crippen LogP contribution < -0.4 is 0 Å². The van der Waals surface area contributed by atoms with Crippen LogP contribution in [0.2, 0.25) is 5.15 Å². The van der Waals surface area contributed by atoms with Crippen molar-refractivity contribution in [3.63, 3.8) is 0 Å². The molecule has 4 aromatic rings. The van der Waals surface area contributed by atoms with E-state index in [2.05, 4.69) is 43.3 Å². The lowest BCUT2D eigenvalue weighted by molar-refractivity contribution is 1.10. The van der Waals surface area contributed by atoms with Crippen LogP contribution in [-0.4, -0.2) is 9.55 Å². The molecule has 3 heteroatoms.